The summed E-state index contributed by atoms with van der Waals surface area (Å²) < 4.78 is 5.79. The molecular formula is C20H33N3O3. The molecule has 1 aliphatic heterocycles. The fraction of sp³-hybridized carbons (Fsp3) is 0.650. The third-order valence-corrected chi connectivity index (χ3v) is 4.65. The summed E-state index contributed by atoms with van der Waals surface area (Å²) in [6.45, 7) is 4.15. The molecule has 6 nitrogen and oxygen atoms in total. The second-order valence-corrected chi connectivity index (χ2v) is 7.17. The van der Waals surface area contributed by atoms with Gasteiger partial charge in [0.2, 0.25) is 5.91 Å². The molecule has 0 aliphatic carbocycles. The van der Waals surface area contributed by atoms with E-state index in [1.165, 1.54) is 25.7 Å². The molecular weight excluding hydrogens is 330 g/mol. The highest BCUT2D eigenvalue weighted by atomic mass is 16.5. The largest absolute Gasteiger partial charge is 0.491 e. The highest BCUT2D eigenvalue weighted by Gasteiger charge is 2.14. The van der Waals surface area contributed by atoms with E-state index in [2.05, 4.69) is 10.2 Å². The third kappa shape index (κ3) is 7.72. The summed E-state index contributed by atoms with van der Waals surface area (Å²) in [4.78, 5) is 15.7. The van der Waals surface area contributed by atoms with Crippen LogP contribution in [0.4, 0.5) is 0 Å². The van der Waals surface area contributed by atoms with Crippen LogP contribution in [0.25, 0.3) is 0 Å². The maximum atomic E-state index is 11.4. The van der Waals surface area contributed by atoms with Crippen molar-refractivity contribution in [1.82, 2.24) is 15.1 Å². The van der Waals surface area contributed by atoms with Gasteiger partial charge in [0.05, 0.1) is 6.54 Å². The summed E-state index contributed by atoms with van der Waals surface area (Å²) in [6.07, 6.45) is 4.56. The highest BCUT2D eigenvalue weighted by Crippen LogP contribution is 2.15. The molecule has 26 heavy (non-hydrogen) atoms. The van der Waals surface area contributed by atoms with Crippen LogP contribution in [0.15, 0.2) is 24.3 Å². The van der Waals surface area contributed by atoms with Crippen molar-refractivity contribution < 1.29 is 14.6 Å². The van der Waals surface area contributed by atoms with E-state index in [1.807, 2.05) is 36.2 Å². The van der Waals surface area contributed by atoms with Crippen LogP contribution in [0.5, 0.6) is 5.75 Å². The van der Waals surface area contributed by atoms with Crippen molar-refractivity contribution in [1.29, 1.82) is 0 Å². The Hall–Kier alpha value is -1.63. The molecule has 1 atom stereocenters. The van der Waals surface area contributed by atoms with Crippen molar-refractivity contribution in [3.8, 4) is 5.75 Å². The van der Waals surface area contributed by atoms with Crippen molar-refractivity contribution in [2.75, 3.05) is 46.9 Å². The Kier molecular flexibility index (Phi) is 8.88. The van der Waals surface area contributed by atoms with E-state index in [0.29, 0.717) is 26.2 Å². The molecule has 1 aliphatic rings. The van der Waals surface area contributed by atoms with Crippen LogP contribution in [0, 0.1) is 0 Å². The maximum absolute atomic E-state index is 11.4. The Morgan fingerprint density at radius 2 is 2.04 bits per heavy atom. The molecule has 1 aromatic rings. The van der Waals surface area contributed by atoms with E-state index >= 15 is 0 Å². The molecule has 0 saturated carbocycles. The number of benzene rings is 1. The second kappa shape index (κ2) is 11.2. The van der Waals surface area contributed by atoms with Crippen LogP contribution < -0.4 is 10.1 Å². The minimum absolute atomic E-state index is 0.00320. The normalized spacial score (nSPS) is 16.9. The molecule has 1 amide bonds. The number of ether oxygens (including phenoxy) is 1. The predicted octanol–water partition coefficient (Wildman–Crippen LogP) is 1.48. The summed E-state index contributed by atoms with van der Waals surface area (Å²) in [6, 6.07) is 7.83. The van der Waals surface area contributed by atoms with Crippen LogP contribution >= 0.6 is 0 Å². The zero-order valence-electron chi connectivity index (χ0n) is 16.1. The van der Waals surface area contributed by atoms with Crippen molar-refractivity contribution in [3.05, 3.63) is 29.8 Å². The summed E-state index contributed by atoms with van der Waals surface area (Å²) in [7, 11) is 3.55. The number of aliphatic hydroxyl groups is 1. The molecule has 1 fully saturated rings. The molecule has 1 saturated heterocycles. The van der Waals surface area contributed by atoms with Gasteiger partial charge in [-0.2, -0.15) is 0 Å². The summed E-state index contributed by atoms with van der Waals surface area (Å²) in [5, 5.41) is 12.9. The van der Waals surface area contributed by atoms with Gasteiger partial charge in [0, 0.05) is 20.1 Å². The lowest BCUT2D eigenvalue weighted by Crippen LogP contribution is -2.36. The smallest absolute Gasteiger partial charge is 0.233 e. The first-order valence-electron chi connectivity index (χ1n) is 9.58. The van der Waals surface area contributed by atoms with Crippen LogP contribution in [0.3, 0.4) is 0 Å². The van der Waals surface area contributed by atoms with Gasteiger partial charge in [-0.3, -0.25) is 9.69 Å². The van der Waals surface area contributed by atoms with Crippen LogP contribution in [0.2, 0.25) is 0 Å². The first-order valence-corrected chi connectivity index (χ1v) is 9.58. The Morgan fingerprint density at radius 1 is 1.31 bits per heavy atom. The molecule has 0 unspecified atom stereocenters. The molecule has 2 rings (SSSR count). The summed E-state index contributed by atoms with van der Waals surface area (Å²) in [5.74, 6) is 0.752. The summed E-state index contributed by atoms with van der Waals surface area (Å²) in [5.41, 5.74) is 1.08. The van der Waals surface area contributed by atoms with E-state index in [9.17, 15) is 9.90 Å². The monoisotopic (exact) mass is 363 g/mol. The van der Waals surface area contributed by atoms with Crippen LogP contribution in [-0.4, -0.2) is 73.8 Å². The maximum Gasteiger partial charge on any atom is 0.233 e. The molecule has 0 spiro atoms. The molecule has 0 radical (unpaired) electrons. The average molecular weight is 364 g/mol. The Bertz CT molecular complexity index is 545. The van der Waals surface area contributed by atoms with Crippen LogP contribution in [0.1, 0.15) is 31.2 Å². The number of carbonyl (C=O) groups excluding carboxylic acids is 1. The van der Waals surface area contributed by atoms with E-state index < -0.39 is 6.10 Å². The lowest BCUT2D eigenvalue weighted by molar-refractivity contribution is -0.121. The van der Waals surface area contributed by atoms with E-state index in [-0.39, 0.29) is 5.91 Å². The number of carbonyl (C=O) groups is 1. The molecule has 1 aromatic carbocycles. The zero-order valence-corrected chi connectivity index (χ0v) is 16.1. The van der Waals surface area contributed by atoms with Gasteiger partial charge in [-0.1, -0.05) is 25.0 Å². The molecule has 0 bridgehead atoms. The lowest BCUT2D eigenvalue weighted by atomic mass is 10.2. The quantitative estimate of drug-likeness (QED) is 0.696. The SMILES string of the molecule is CNC(=O)CN(C)Cc1cccc(OC[C@H](O)CN2CCCCCC2)c1. The molecule has 0 aromatic heterocycles. The van der Waals surface area contributed by atoms with Gasteiger partial charge in [-0.15, -0.1) is 0 Å². The summed E-state index contributed by atoms with van der Waals surface area (Å²) >= 11 is 0. The highest BCUT2D eigenvalue weighted by molar-refractivity contribution is 5.77. The minimum atomic E-state index is -0.479. The van der Waals surface area contributed by atoms with Gasteiger partial charge < -0.3 is 20.1 Å². The minimum Gasteiger partial charge on any atom is -0.491 e. The Morgan fingerprint density at radius 3 is 2.73 bits per heavy atom. The van der Waals surface area contributed by atoms with E-state index in [0.717, 1.165) is 24.4 Å². The Labute approximate surface area is 157 Å². The number of hydrogen-bond donors (Lipinski definition) is 2. The van der Waals surface area contributed by atoms with E-state index in [4.69, 9.17) is 4.74 Å². The Balaban J connectivity index is 1.77. The van der Waals surface area contributed by atoms with Crippen molar-refractivity contribution in [2.45, 2.75) is 38.3 Å². The third-order valence-electron chi connectivity index (χ3n) is 4.65. The second-order valence-electron chi connectivity index (χ2n) is 7.17. The lowest BCUT2D eigenvalue weighted by Gasteiger charge is -2.23. The zero-order chi connectivity index (χ0) is 18.8. The number of nitrogens with one attached hydrogen (secondary N) is 1. The first kappa shape index (κ1) is 20.7. The molecule has 6 heteroatoms. The predicted molar refractivity (Wildman–Crippen MR) is 103 cm³/mol. The number of amides is 1. The standard InChI is InChI=1S/C20H33N3O3/c1-21-20(25)15-22(2)13-17-8-7-9-19(12-17)26-16-18(24)14-23-10-5-3-4-6-11-23/h7-9,12,18,24H,3-6,10-11,13-16H2,1-2H3,(H,21,25)/t18-/m1/s1. The fourth-order valence-electron chi connectivity index (χ4n) is 3.29. The number of aliphatic hydroxyl groups excluding tert-OH is 1. The van der Waals surface area contributed by atoms with E-state index in [1.54, 1.807) is 7.05 Å². The van der Waals surface area contributed by atoms with Crippen molar-refractivity contribution in [2.24, 2.45) is 0 Å². The molecule has 2 N–H and O–H groups in total. The topological polar surface area (TPSA) is 65.0 Å². The first-order chi connectivity index (χ1) is 12.6. The number of likely N-dealkylation sites (tertiary alicyclic amines) is 1. The van der Waals surface area contributed by atoms with Gasteiger partial charge in [0.25, 0.3) is 0 Å². The number of likely N-dealkylation sites (N-methyl/N-ethyl adjacent to an activating group) is 2. The fourth-order valence-corrected chi connectivity index (χ4v) is 3.29. The van der Waals surface area contributed by atoms with Crippen molar-refractivity contribution >= 4 is 5.91 Å². The number of hydrogen-bond acceptors (Lipinski definition) is 5. The van der Waals surface area contributed by atoms with Crippen molar-refractivity contribution in [3.63, 3.8) is 0 Å². The average Bonchev–Trinajstić information content (AvgIpc) is 2.88. The molecule has 1 heterocycles. The van der Waals surface area contributed by atoms with Gasteiger partial charge in [0.1, 0.15) is 18.5 Å². The van der Waals surface area contributed by atoms with Crippen LogP contribution in [-0.2, 0) is 11.3 Å². The van der Waals surface area contributed by atoms with Gasteiger partial charge in [0.15, 0.2) is 0 Å². The van der Waals surface area contributed by atoms with Gasteiger partial charge in [-0.05, 0) is 50.7 Å². The molecule has 146 valence electrons. The number of nitrogens with zero attached hydrogens (tertiary/aromatic N) is 2. The number of rotatable bonds is 9. The van der Waals surface area contributed by atoms with Gasteiger partial charge >= 0.3 is 0 Å². The van der Waals surface area contributed by atoms with Gasteiger partial charge in [-0.25, -0.2) is 0 Å². The number of β-amino-alcohol motifs (C(OH)–C–C–N with tert-alkyl or cyclic N) is 1.